The fourth-order valence-electron chi connectivity index (χ4n) is 2.96. The minimum absolute atomic E-state index is 0.0287. The molecule has 0 spiro atoms. The van der Waals surface area contributed by atoms with Gasteiger partial charge in [-0.25, -0.2) is 4.79 Å². The highest BCUT2D eigenvalue weighted by Gasteiger charge is 2.49. The summed E-state index contributed by atoms with van der Waals surface area (Å²) in [6, 6.07) is 17.7. The number of rotatable bonds is 7. The van der Waals surface area contributed by atoms with E-state index in [0.29, 0.717) is 15.0 Å². The molecule has 2 heterocycles. The van der Waals surface area contributed by atoms with Gasteiger partial charge in [-0.15, -0.1) is 10.2 Å². The van der Waals surface area contributed by atoms with E-state index in [0.717, 1.165) is 10.7 Å². The maximum atomic E-state index is 12.8. The fourth-order valence-corrected chi connectivity index (χ4v) is 4.52. The van der Waals surface area contributed by atoms with Crippen LogP contribution in [0.2, 0.25) is 0 Å². The Labute approximate surface area is 186 Å². The number of aromatic nitrogens is 2. The Morgan fingerprint density at radius 3 is 2.48 bits per heavy atom. The second-order valence-corrected chi connectivity index (χ2v) is 8.95. The minimum Gasteiger partial charge on any atom is -0.330 e. The number of hydrogen-bond acceptors (Lipinski definition) is 8. The van der Waals surface area contributed by atoms with Crippen molar-refractivity contribution in [2.75, 3.05) is 11.1 Å². The summed E-state index contributed by atoms with van der Waals surface area (Å²) in [4.78, 5) is 37.5. The number of nitrogens with zero attached hydrogens (tertiary/aromatic N) is 3. The van der Waals surface area contributed by atoms with Crippen LogP contribution in [0, 0.1) is 0 Å². The third kappa shape index (κ3) is 4.52. The van der Waals surface area contributed by atoms with Gasteiger partial charge in [-0.3, -0.25) is 15.0 Å². The lowest BCUT2D eigenvalue weighted by atomic mass is 9.92. The molecule has 1 aromatic heterocycles. The third-order valence-electron chi connectivity index (χ3n) is 4.54. The van der Waals surface area contributed by atoms with E-state index in [-0.39, 0.29) is 5.75 Å². The molecule has 0 aliphatic carbocycles. The van der Waals surface area contributed by atoms with Crippen molar-refractivity contribution < 1.29 is 14.4 Å². The number of imide groups is 1. The highest BCUT2D eigenvalue weighted by atomic mass is 32.2. The standard InChI is InChI=1S/C20H18N6O3S2/c1-20(13-8-4-2-5-9-13)16(28)26(18(29)22-20)25-15(27)12-30-19-24-23-17(31-19)21-14-10-6-3-7-11-14/h2-11H,12H2,1H3,(H,21,23)(H,22,29)(H,25,27). The van der Waals surface area contributed by atoms with Crippen LogP contribution < -0.4 is 16.1 Å². The van der Waals surface area contributed by atoms with Gasteiger partial charge in [0.1, 0.15) is 5.54 Å². The first-order valence-electron chi connectivity index (χ1n) is 9.26. The van der Waals surface area contributed by atoms with Gasteiger partial charge in [-0.2, -0.15) is 5.01 Å². The summed E-state index contributed by atoms with van der Waals surface area (Å²) in [5, 5.41) is 15.2. The highest BCUT2D eigenvalue weighted by Crippen LogP contribution is 2.29. The van der Waals surface area contributed by atoms with E-state index in [1.165, 1.54) is 23.1 Å². The average molecular weight is 455 g/mol. The predicted octanol–water partition coefficient (Wildman–Crippen LogP) is 2.87. The number of amides is 4. The van der Waals surface area contributed by atoms with Gasteiger partial charge in [0.15, 0.2) is 4.34 Å². The number of nitrogens with one attached hydrogen (secondary N) is 3. The normalized spacial score (nSPS) is 18.0. The van der Waals surface area contributed by atoms with Gasteiger partial charge in [0.2, 0.25) is 11.0 Å². The third-order valence-corrected chi connectivity index (χ3v) is 6.51. The lowest BCUT2D eigenvalue weighted by Crippen LogP contribution is -2.48. The van der Waals surface area contributed by atoms with Gasteiger partial charge >= 0.3 is 6.03 Å². The van der Waals surface area contributed by atoms with Crippen molar-refractivity contribution in [2.45, 2.75) is 16.8 Å². The number of anilines is 2. The smallest absolute Gasteiger partial charge is 0.330 e. The lowest BCUT2D eigenvalue weighted by molar-refractivity contribution is -0.138. The molecule has 1 unspecified atom stereocenters. The summed E-state index contributed by atoms with van der Waals surface area (Å²) >= 11 is 2.47. The summed E-state index contributed by atoms with van der Waals surface area (Å²) in [6.45, 7) is 1.60. The Bertz CT molecular complexity index is 1110. The zero-order chi connectivity index (χ0) is 21.8. The first-order chi connectivity index (χ1) is 15.0. The molecule has 1 saturated heterocycles. The molecule has 4 rings (SSSR count). The van der Waals surface area contributed by atoms with Gasteiger partial charge in [0.25, 0.3) is 5.91 Å². The van der Waals surface area contributed by atoms with Crippen LogP contribution in [0.25, 0.3) is 0 Å². The molecule has 1 atom stereocenters. The van der Waals surface area contributed by atoms with Crippen LogP contribution in [0.3, 0.4) is 0 Å². The van der Waals surface area contributed by atoms with Crippen molar-refractivity contribution in [1.29, 1.82) is 0 Å². The molecule has 1 aliphatic heterocycles. The van der Waals surface area contributed by atoms with Crippen LogP contribution in [0.15, 0.2) is 65.0 Å². The first-order valence-corrected chi connectivity index (χ1v) is 11.1. The SMILES string of the molecule is CC1(c2ccccc2)NC(=O)N(NC(=O)CSc2nnc(Nc3ccccc3)s2)C1=O. The molecule has 0 radical (unpaired) electrons. The van der Waals surface area contributed by atoms with Crippen LogP contribution in [-0.2, 0) is 15.1 Å². The Hall–Kier alpha value is -3.44. The molecule has 1 fully saturated rings. The molecule has 3 aromatic rings. The van der Waals surface area contributed by atoms with Crippen LogP contribution in [0.4, 0.5) is 15.6 Å². The Morgan fingerprint density at radius 1 is 1.10 bits per heavy atom. The van der Waals surface area contributed by atoms with Crippen molar-refractivity contribution in [3.05, 3.63) is 66.2 Å². The molecular weight excluding hydrogens is 436 g/mol. The van der Waals surface area contributed by atoms with Crippen LogP contribution in [-0.4, -0.2) is 38.8 Å². The summed E-state index contributed by atoms with van der Waals surface area (Å²) in [7, 11) is 0. The summed E-state index contributed by atoms with van der Waals surface area (Å²) in [5.74, 6) is -1.08. The van der Waals surface area contributed by atoms with Gasteiger partial charge in [0, 0.05) is 5.69 Å². The first kappa shape index (κ1) is 20.8. The van der Waals surface area contributed by atoms with E-state index < -0.39 is 23.4 Å². The van der Waals surface area contributed by atoms with Crippen molar-refractivity contribution in [2.24, 2.45) is 0 Å². The largest absolute Gasteiger partial charge is 0.344 e. The second-order valence-electron chi connectivity index (χ2n) is 6.75. The topological polar surface area (TPSA) is 116 Å². The van der Waals surface area contributed by atoms with Crippen LogP contribution >= 0.6 is 23.1 Å². The minimum atomic E-state index is -1.24. The Kier molecular flexibility index (Phi) is 5.87. The summed E-state index contributed by atoms with van der Waals surface area (Å²) in [6.07, 6.45) is 0. The van der Waals surface area contributed by atoms with E-state index in [9.17, 15) is 14.4 Å². The van der Waals surface area contributed by atoms with Crippen molar-refractivity contribution >= 4 is 51.8 Å². The second kappa shape index (κ2) is 8.74. The molecule has 0 bridgehead atoms. The van der Waals surface area contributed by atoms with Gasteiger partial charge in [-0.1, -0.05) is 71.6 Å². The van der Waals surface area contributed by atoms with Crippen molar-refractivity contribution in [3.8, 4) is 0 Å². The van der Waals surface area contributed by atoms with Gasteiger partial charge in [0.05, 0.1) is 5.75 Å². The van der Waals surface area contributed by atoms with Crippen LogP contribution in [0.1, 0.15) is 12.5 Å². The molecule has 9 nitrogen and oxygen atoms in total. The van der Waals surface area contributed by atoms with Crippen molar-refractivity contribution in [1.82, 2.24) is 25.9 Å². The van der Waals surface area contributed by atoms with E-state index >= 15 is 0 Å². The van der Waals surface area contributed by atoms with Gasteiger partial charge < -0.3 is 10.6 Å². The Balaban J connectivity index is 1.33. The van der Waals surface area contributed by atoms with Crippen LogP contribution in [0.5, 0.6) is 0 Å². The Morgan fingerprint density at radius 2 is 1.77 bits per heavy atom. The maximum Gasteiger partial charge on any atom is 0.344 e. The number of hydrazine groups is 1. The van der Waals surface area contributed by atoms with E-state index in [2.05, 4.69) is 26.3 Å². The highest BCUT2D eigenvalue weighted by molar-refractivity contribution is 8.01. The number of carbonyl (C=O) groups is 3. The molecule has 4 amide bonds. The summed E-state index contributed by atoms with van der Waals surface area (Å²) < 4.78 is 0.583. The van der Waals surface area contributed by atoms with Crippen molar-refractivity contribution in [3.63, 3.8) is 0 Å². The number of benzene rings is 2. The quantitative estimate of drug-likeness (QED) is 0.371. The molecule has 158 valence electrons. The van der Waals surface area contributed by atoms with E-state index in [1.807, 2.05) is 36.4 Å². The monoisotopic (exact) mass is 454 g/mol. The molecule has 0 saturated carbocycles. The zero-order valence-corrected chi connectivity index (χ0v) is 18.0. The fraction of sp³-hybridized carbons (Fsp3) is 0.150. The summed E-state index contributed by atoms with van der Waals surface area (Å²) in [5.41, 5.74) is 2.65. The number of carbonyl (C=O) groups excluding carboxylic acids is 3. The molecule has 2 aromatic carbocycles. The molecule has 31 heavy (non-hydrogen) atoms. The number of urea groups is 1. The maximum absolute atomic E-state index is 12.8. The lowest BCUT2D eigenvalue weighted by Gasteiger charge is -2.22. The van der Waals surface area contributed by atoms with E-state index in [1.54, 1.807) is 31.2 Å². The predicted molar refractivity (Wildman–Crippen MR) is 118 cm³/mol. The molecule has 11 heteroatoms. The molecule has 3 N–H and O–H groups in total. The van der Waals surface area contributed by atoms with E-state index in [4.69, 9.17) is 0 Å². The molecular formula is C20H18N6O3S2. The average Bonchev–Trinajstić information content (AvgIpc) is 3.32. The van der Waals surface area contributed by atoms with Gasteiger partial charge in [-0.05, 0) is 24.6 Å². The molecule has 1 aliphatic rings. The zero-order valence-electron chi connectivity index (χ0n) is 16.4. The number of para-hydroxylation sites is 1. The number of hydrogen-bond donors (Lipinski definition) is 3. The number of thioether (sulfide) groups is 1.